The van der Waals surface area contributed by atoms with E-state index in [2.05, 4.69) is 25.2 Å². The van der Waals surface area contributed by atoms with E-state index in [1.807, 2.05) is 24.3 Å². The van der Waals surface area contributed by atoms with Crippen LogP contribution in [0.15, 0.2) is 24.3 Å². The molecule has 0 aliphatic rings. The molecule has 92 valence electrons. The summed E-state index contributed by atoms with van der Waals surface area (Å²) in [7, 11) is 1.64. The average molecular weight is 232 g/mol. The quantitative estimate of drug-likeness (QED) is 0.820. The van der Waals surface area contributed by atoms with Crippen molar-refractivity contribution in [3.05, 3.63) is 29.8 Å². The molecule has 0 spiro atoms. The van der Waals surface area contributed by atoms with Crippen LogP contribution >= 0.6 is 0 Å². The van der Waals surface area contributed by atoms with Crippen LogP contribution in [0.5, 0.6) is 5.75 Å². The lowest BCUT2D eigenvalue weighted by Crippen LogP contribution is -2.22. The first-order valence-corrected chi connectivity index (χ1v) is 5.94. The van der Waals surface area contributed by atoms with Crippen molar-refractivity contribution in [2.45, 2.75) is 26.3 Å². The number of benzene rings is 1. The summed E-state index contributed by atoms with van der Waals surface area (Å²) in [6, 6.07) is 9.65. The fraction of sp³-hybridized carbons (Fsp3) is 0.500. The molecule has 3 heteroatoms. The highest BCUT2D eigenvalue weighted by Gasteiger charge is 2.09. The molecule has 0 amide bonds. The standard InChI is InChI=1S/C14H20N2O/c1-11(2)8-9-16-14(10-15)12-4-6-13(17-3)7-5-12/h4-7,11,14,16H,8-9H2,1-3H3. The summed E-state index contributed by atoms with van der Waals surface area (Å²) in [4.78, 5) is 0. The van der Waals surface area contributed by atoms with Crippen molar-refractivity contribution in [1.82, 2.24) is 5.32 Å². The first kappa shape index (κ1) is 13.5. The summed E-state index contributed by atoms with van der Waals surface area (Å²) in [6.45, 7) is 5.22. The molecule has 0 aromatic heterocycles. The third-order valence-corrected chi connectivity index (χ3v) is 2.65. The van der Waals surface area contributed by atoms with E-state index >= 15 is 0 Å². The molecule has 0 radical (unpaired) electrons. The molecule has 1 aromatic rings. The van der Waals surface area contributed by atoms with E-state index in [1.165, 1.54) is 0 Å². The summed E-state index contributed by atoms with van der Waals surface area (Å²) in [5, 5.41) is 12.4. The molecule has 0 aliphatic heterocycles. The molecule has 1 aromatic carbocycles. The number of rotatable bonds is 6. The Morgan fingerprint density at radius 3 is 2.41 bits per heavy atom. The van der Waals surface area contributed by atoms with Crippen LogP contribution in [-0.4, -0.2) is 13.7 Å². The molecule has 0 fully saturated rings. The van der Waals surface area contributed by atoms with Crippen LogP contribution in [0.25, 0.3) is 0 Å². The maximum absolute atomic E-state index is 9.13. The molecule has 0 saturated heterocycles. The van der Waals surface area contributed by atoms with Gasteiger partial charge in [0.2, 0.25) is 0 Å². The fourth-order valence-electron chi connectivity index (χ4n) is 1.55. The molecule has 0 aliphatic carbocycles. The average Bonchev–Trinajstić information content (AvgIpc) is 2.34. The number of nitriles is 1. The first-order chi connectivity index (χ1) is 8.17. The van der Waals surface area contributed by atoms with Crippen LogP contribution in [0.4, 0.5) is 0 Å². The Morgan fingerprint density at radius 1 is 1.29 bits per heavy atom. The van der Waals surface area contributed by atoms with Gasteiger partial charge in [-0.3, -0.25) is 5.32 Å². The molecule has 0 bridgehead atoms. The van der Waals surface area contributed by atoms with Gasteiger partial charge in [0, 0.05) is 0 Å². The molecule has 1 atom stereocenters. The zero-order chi connectivity index (χ0) is 12.7. The zero-order valence-electron chi connectivity index (χ0n) is 10.7. The lowest BCUT2D eigenvalue weighted by Gasteiger charge is -2.13. The summed E-state index contributed by atoms with van der Waals surface area (Å²) >= 11 is 0. The Balaban J connectivity index is 2.57. The maximum atomic E-state index is 9.13. The molecule has 17 heavy (non-hydrogen) atoms. The van der Waals surface area contributed by atoms with Crippen LogP contribution < -0.4 is 10.1 Å². The van der Waals surface area contributed by atoms with Gasteiger partial charge in [0.15, 0.2) is 0 Å². The SMILES string of the molecule is COc1ccc(C(C#N)NCCC(C)C)cc1. The van der Waals surface area contributed by atoms with Crippen LogP contribution in [0.2, 0.25) is 0 Å². The Morgan fingerprint density at radius 2 is 1.94 bits per heavy atom. The zero-order valence-corrected chi connectivity index (χ0v) is 10.7. The van der Waals surface area contributed by atoms with E-state index in [1.54, 1.807) is 7.11 Å². The third kappa shape index (κ3) is 4.46. The molecule has 3 nitrogen and oxygen atoms in total. The van der Waals surface area contributed by atoms with E-state index < -0.39 is 0 Å². The highest BCUT2D eigenvalue weighted by atomic mass is 16.5. The van der Waals surface area contributed by atoms with Crippen molar-refractivity contribution < 1.29 is 4.74 Å². The van der Waals surface area contributed by atoms with Gasteiger partial charge in [0.25, 0.3) is 0 Å². The van der Waals surface area contributed by atoms with E-state index in [9.17, 15) is 0 Å². The van der Waals surface area contributed by atoms with Gasteiger partial charge in [0.1, 0.15) is 11.8 Å². The summed E-state index contributed by atoms with van der Waals surface area (Å²) < 4.78 is 5.09. The monoisotopic (exact) mass is 232 g/mol. The third-order valence-electron chi connectivity index (χ3n) is 2.65. The van der Waals surface area contributed by atoms with Gasteiger partial charge in [-0.25, -0.2) is 0 Å². The molecule has 0 heterocycles. The normalized spacial score (nSPS) is 12.2. The van der Waals surface area contributed by atoms with Gasteiger partial charge in [-0.15, -0.1) is 0 Å². The van der Waals surface area contributed by atoms with Gasteiger partial charge in [-0.1, -0.05) is 26.0 Å². The Bertz CT molecular complexity index is 365. The first-order valence-electron chi connectivity index (χ1n) is 5.94. The van der Waals surface area contributed by atoms with E-state index in [-0.39, 0.29) is 6.04 Å². The van der Waals surface area contributed by atoms with Gasteiger partial charge in [-0.05, 0) is 36.6 Å². The number of hydrogen-bond acceptors (Lipinski definition) is 3. The minimum Gasteiger partial charge on any atom is -0.497 e. The molecule has 1 N–H and O–H groups in total. The van der Waals surface area contributed by atoms with Crippen LogP contribution in [0.1, 0.15) is 31.9 Å². The second-order valence-corrected chi connectivity index (χ2v) is 4.47. The van der Waals surface area contributed by atoms with Crippen molar-refractivity contribution in [2.75, 3.05) is 13.7 Å². The topological polar surface area (TPSA) is 45.0 Å². The molecular weight excluding hydrogens is 212 g/mol. The Labute approximate surface area is 103 Å². The van der Waals surface area contributed by atoms with Gasteiger partial charge in [0.05, 0.1) is 13.2 Å². The smallest absolute Gasteiger partial charge is 0.121 e. The summed E-state index contributed by atoms with van der Waals surface area (Å²) in [5.74, 6) is 1.46. The summed E-state index contributed by atoms with van der Waals surface area (Å²) in [6.07, 6.45) is 1.08. The van der Waals surface area contributed by atoms with E-state index in [4.69, 9.17) is 10.00 Å². The minimum atomic E-state index is -0.236. The highest BCUT2D eigenvalue weighted by Crippen LogP contribution is 2.17. The minimum absolute atomic E-state index is 0.236. The van der Waals surface area contributed by atoms with E-state index in [0.717, 1.165) is 24.3 Å². The molecule has 0 saturated carbocycles. The number of ether oxygens (including phenoxy) is 1. The second kappa shape index (κ2) is 6.93. The van der Waals surface area contributed by atoms with Gasteiger partial charge < -0.3 is 4.74 Å². The lowest BCUT2D eigenvalue weighted by atomic mass is 10.1. The predicted octanol–water partition coefficient (Wildman–Crippen LogP) is 2.90. The fourth-order valence-corrected chi connectivity index (χ4v) is 1.55. The van der Waals surface area contributed by atoms with Crippen molar-refractivity contribution >= 4 is 0 Å². The van der Waals surface area contributed by atoms with Gasteiger partial charge in [-0.2, -0.15) is 5.26 Å². The van der Waals surface area contributed by atoms with Crippen LogP contribution in [0.3, 0.4) is 0 Å². The number of nitrogens with zero attached hydrogens (tertiary/aromatic N) is 1. The van der Waals surface area contributed by atoms with Crippen molar-refractivity contribution in [2.24, 2.45) is 5.92 Å². The molecule has 1 unspecified atom stereocenters. The van der Waals surface area contributed by atoms with Crippen molar-refractivity contribution in [3.8, 4) is 11.8 Å². The van der Waals surface area contributed by atoms with Crippen LogP contribution in [0, 0.1) is 17.2 Å². The number of hydrogen-bond donors (Lipinski definition) is 1. The van der Waals surface area contributed by atoms with E-state index in [0.29, 0.717) is 5.92 Å². The Kier molecular flexibility index (Phi) is 5.51. The predicted molar refractivity (Wildman–Crippen MR) is 68.8 cm³/mol. The van der Waals surface area contributed by atoms with Crippen molar-refractivity contribution in [3.63, 3.8) is 0 Å². The highest BCUT2D eigenvalue weighted by molar-refractivity contribution is 5.31. The maximum Gasteiger partial charge on any atom is 0.121 e. The summed E-state index contributed by atoms with van der Waals surface area (Å²) in [5.41, 5.74) is 0.983. The molecular formula is C14H20N2O. The number of nitrogens with one attached hydrogen (secondary N) is 1. The second-order valence-electron chi connectivity index (χ2n) is 4.47. The van der Waals surface area contributed by atoms with Crippen LogP contribution in [-0.2, 0) is 0 Å². The van der Waals surface area contributed by atoms with Gasteiger partial charge >= 0.3 is 0 Å². The lowest BCUT2D eigenvalue weighted by molar-refractivity contribution is 0.414. The number of methoxy groups -OCH3 is 1. The largest absolute Gasteiger partial charge is 0.497 e. The Hall–Kier alpha value is -1.53. The molecule has 1 rings (SSSR count). The van der Waals surface area contributed by atoms with Crippen molar-refractivity contribution in [1.29, 1.82) is 5.26 Å².